The number of nitrogens with one attached hydrogen (secondary N) is 1. The lowest BCUT2D eigenvalue weighted by atomic mass is 9.98. The molecule has 39 heavy (non-hydrogen) atoms. The summed E-state index contributed by atoms with van der Waals surface area (Å²) in [6, 6.07) is 14.0. The molecular weight excluding hydrogens is 518 g/mol. The van der Waals surface area contributed by atoms with Crippen molar-refractivity contribution in [1.82, 2.24) is 9.88 Å². The van der Waals surface area contributed by atoms with Gasteiger partial charge in [0.2, 0.25) is 0 Å². The monoisotopic (exact) mass is 559 g/mol. The Labute approximate surface area is 236 Å². The van der Waals surface area contributed by atoms with Gasteiger partial charge in [0.25, 0.3) is 5.91 Å². The van der Waals surface area contributed by atoms with Crippen LogP contribution in [0.1, 0.15) is 57.0 Å². The Morgan fingerprint density at radius 2 is 1.77 bits per heavy atom. The summed E-state index contributed by atoms with van der Waals surface area (Å²) in [7, 11) is 0. The predicted octanol–water partition coefficient (Wildman–Crippen LogP) is 5.48. The van der Waals surface area contributed by atoms with Gasteiger partial charge in [-0.2, -0.15) is 0 Å². The third kappa shape index (κ3) is 10.1. The van der Waals surface area contributed by atoms with Crippen LogP contribution in [0.2, 0.25) is 0 Å². The number of fused-ring (bicyclic) bond motifs is 1. The first-order chi connectivity index (χ1) is 18.5. The molecule has 1 heterocycles. The summed E-state index contributed by atoms with van der Waals surface area (Å²) in [5, 5.41) is 12.8. The van der Waals surface area contributed by atoms with Crippen LogP contribution in [0.5, 0.6) is 11.5 Å². The van der Waals surface area contributed by atoms with Crippen LogP contribution in [-0.2, 0) is 17.8 Å². The van der Waals surface area contributed by atoms with E-state index in [0.29, 0.717) is 31.2 Å². The van der Waals surface area contributed by atoms with Gasteiger partial charge in [-0.1, -0.05) is 12.1 Å². The molecule has 0 aliphatic heterocycles. The summed E-state index contributed by atoms with van der Waals surface area (Å²) in [6.07, 6.45) is 3.61. The molecule has 0 saturated heterocycles. The van der Waals surface area contributed by atoms with Crippen molar-refractivity contribution in [1.29, 1.82) is 0 Å². The molecule has 214 valence electrons. The van der Waals surface area contributed by atoms with Crippen molar-refractivity contribution >= 4 is 34.4 Å². The quantitative estimate of drug-likeness (QED) is 0.188. The van der Waals surface area contributed by atoms with Crippen molar-refractivity contribution in [2.75, 3.05) is 25.6 Å². The van der Waals surface area contributed by atoms with Crippen LogP contribution in [0, 0.1) is 5.41 Å². The van der Waals surface area contributed by atoms with Crippen molar-refractivity contribution in [3.8, 4) is 11.5 Å². The molecule has 0 fully saturated rings. The Morgan fingerprint density at radius 1 is 1.13 bits per heavy atom. The number of alkyl halides is 1. The smallest absolute Gasteiger partial charge is 0.308 e. The molecule has 1 aromatic heterocycles. The van der Waals surface area contributed by atoms with Crippen LogP contribution in [0.25, 0.3) is 10.9 Å². The van der Waals surface area contributed by atoms with E-state index in [1.165, 1.54) is 0 Å². The summed E-state index contributed by atoms with van der Waals surface area (Å²) >= 11 is 5.84. The van der Waals surface area contributed by atoms with Gasteiger partial charge in [0, 0.05) is 36.6 Å². The molecule has 0 unspecified atom stereocenters. The minimum absolute atomic E-state index is 0.206. The van der Waals surface area contributed by atoms with Crippen LogP contribution in [0.15, 0.2) is 48.7 Å². The minimum Gasteiger partial charge on any atom is -0.490 e. The van der Waals surface area contributed by atoms with Crippen LogP contribution in [0.3, 0.4) is 0 Å². The van der Waals surface area contributed by atoms with Gasteiger partial charge in [0.05, 0.1) is 23.1 Å². The number of carboxylic acids is 1. The normalized spacial score (nSPS) is 11.9. The van der Waals surface area contributed by atoms with Gasteiger partial charge >= 0.3 is 5.97 Å². The molecule has 4 N–H and O–H groups in total. The summed E-state index contributed by atoms with van der Waals surface area (Å²) < 4.78 is 13.5. The number of carbonyl (C=O) groups excluding carboxylic acids is 1. The molecule has 3 rings (SSSR count). The first kappa shape index (κ1) is 32.0. The van der Waals surface area contributed by atoms with Gasteiger partial charge in [-0.3, -0.25) is 9.59 Å². The molecule has 1 amide bonds. The molecule has 2 aromatic carbocycles. The van der Waals surface area contributed by atoms with E-state index < -0.39 is 17.3 Å². The maximum atomic E-state index is 12.1. The van der Waals surface area contributed by atoms with Gasteiger partial charge in [-0.25, -0.2) is 0 Å². The molecule has 0 aliphatic carbocycles. The van der Waals surface area contributed by atoms with Crippen LogP contribution >= 0.6 is 11.6 Å². The van der Waals surface area contributed by atoms with E-state index in [0.717, 1.165) is 47.4 Å². The maximum Gasteiger partial charge on any atom is 0.308 e. The number of rotatable bonds is 13. The lowest BCUT2D eigenvalue weighted by Gasteiger charge is -2.16. The van der Waals surface area contributed by atoms with Crippen molar-refractivity contribution in [3.63, 3.8) is 0 Å². The average molecular weight is 560 g/mol. The highest BCUT2D eigenvalue weighted by atomic mass is 35.5. The molecule has 0 bridgehead atoms. The number of carbonyl (C=O) groups is 2. The van der Waals surface area contributed by atoms with E-state index in [4.69, 9.17) is 31.9 Å². The third-order valence-electron chi connectivity index (χ3n) is 5.90. The van der Waals surface area contributed by atoms with Gasteiger partial charge in [-0.05, 0) is 83.4 Å². The lowest BCUT2D eigenvalue weighted by Crippen LogP contribution is -2.32. The number of aliphatic carboxylic acids is 1. The summed E-state index contributed by atoms with van der Waals surface area (Å²) in [5.74, 6) is 0.915. The van der Waals surface area contributed by atoms with Crippen LogP contribution in [0.4, 0.5) is 0 Å². The fraction of sp³-hybridized carbons (Fsp3) is 0.467. The van der Waals surface area contributed by atoms with Crippen LogP contribution in [-0.4, -0.2) is 53.2 Å². The Hall–Kier alpha value is -3.23. The van der Waals surface area contributed by atoms with Crippen molar-refractivity contribution in [3.05, 3.63) is 59.8 Å². The second kappa shape index (κ2) is 15.4. The molecule has 0 aliphatic rings. The number of aryl methyl sites for hydroxylation is 1. The predicted molar refractivity (Wildman–Crippen MR) is 157 cm³/mol. The zero-order chi connectivity index (χ0) is 29.0. The van der Waals surface area contributed by atoms with Gasteiger partial charge < -0.3 is 30.2 Å². The first-order valence-electron chi connectivity index (χ1n) is 13.3. The van der Waals surface area contributed by atoms with Gasteiger partial charge in [-0.15, -0.1) is 11.6 Å². The number of halogens is 1. The summed E-state index contributed by atoms with van der Waals surface area (Å²) in [5.41, 5.74) is 7.63. The fourth-order valence-corrected chi connectivity index (χ4v) is 3.99. The highest BCUT2D eigenvalue weighted by Crippen LogP contribution is 2.26. The number of hydrogen-bond donors (Lipinski definition) is 3. The molecule has 3 aromatic rings. The van der Waals surface area contributed by atoms with E-state index in [9.17, 15) is 9.59 Å². The second-order valence-corrected chi connectivity index (χ2v) is 10.7. The number of nitrogens with two attached hydrogens (primary N) is 1. The Kier molecular flexibility index (Phi) is 12.6. The largest absolute Gasteiger partial charge is 0.490 e. The Balaban J connectivity index is 0.000000673. The first-order valence-corrected chi connectivity index (χ1v) is 13.8. The number of hydrogen-bond acceptors (Lipinski definition) is 5. The highest BCUT2D eigenvalue weighted by Gasteiger charge is 2.19. The van der Waals surface area contributed by atoms with Gasteiger partial charge in [0.15, 0.2) is 11.5 Å². The van der Waals surface area contributed by atoms with E-state index in [-0.39, 0.29) is 6.04 Å². The van der Waals surface area contributed by atoms with Crippen molar-refractivity contribution < 1.29 is 24.2 Å². The summed E-state index contributed by atoms with van der Waals surface area (Å²) in [4.78, 5) is 22.2. The maximum absolute atomic E-state index is 12.1. The molecule has 0 saturated carbocycles. The lowest BCUT2D eigenvalue weighted by molar-refractivity contribution is -0.145. The fourth-order valence-electron chi connectivity index (χ4n) is 3.87. The molecule has 9 heteroatoms. The highest BCUT2D eigenvalue weighted by molar-refractivity contribution is 6.17. The Morgan fingerprint density at radius 3 is 2.33 bits per heavy atom. The van der Waals surface area contributed by atoms with Crippen molar-refractivity contribution in [2.45, 2.75) is 60.0 Å². The molecular formula is C30H42ClN3O5. The molecule has 8 nitrogen and oxygen atoms in total. The number of para-hydroxylation sites is 2. The number of carboxylic acid groups (broad SMARTS) is 1. The number of ether oxygens (including phenoxy) is 2. The standard InChI is InChI=1S/C25H32ClN3O3.C5H10O2/c1-3-31-22-7-4-5-8-23(22)32-14-11-28-18(2)15-19-16-20-9-13-29(12-6-10-26)24(20)21(17-19)25(27)30;1-5(2,3)4(6)7/h4-5,7-9,13,16-18,28H,3,6,10-12,14-15H2,1-2H3,(H2,27,30);1-3H3,(H,6,7)/t18-;/m1./s1. The van der Waals surface area contributed by atoms with Crippen LogP contribution < -0.4 is 20.5 Å². The number of primary amides is 1. The van der Waals surface area contributed by atoms with E-state index in [1.807, 2.05) is 49.5 Å². The topological polar surface area (TPSA) is 116 Å². The number of nitrogens with zero attached hydrogens (tertiary/aromatic N) is 1. The second-order valence-electron chi connectivity index (χ2n) is 10.3. The zero-order valence-electron chi connectivity index (χ0n) is 23.6. The third-order valence-corrected chi connectivity index (χ3v) is 6.17. The molecule has 0 radical (unpaired) electrons. The van der Waals surface area contributed by atoms with Crippen molar-refractivity contribution in [2.24, 2.45) is 11.1 Å². The number of amides is 1. The van der Waals surface area contributed by atoms with E-state index >= 15 is 0 Å². The minimum atomic E-state index is -0.757. The van der Waals surface area contributed by atoms with Gasteiger partial charge in [0.1, 0.15) is 6.61 Å². The number of benzene rings is 2. The van der Waals surface area contributed by atoms with E-state index in [1.54, 1.807) is 20.8 Å². The average Bonchev–Trinajstić information content (AvgIpc) is 3.28. The van der Waals surface area contributed by atoms with E-state index in [2.05, 4.69) is 22.9 Å². The summed E-state index contributed by atoms with van der Waals surface area (Å²) in [6.45, 7) is 11.6. The molecule has 0 spiro atoms. The Bertz CT molecular complexity index is 1220. The zero-order valence-corrected chi connectivity index (χ0v) is 24.4. The number of aromatic nitrogens is 1. The SMILES string of the molecule is CC(C)(C)C(=O)O.CCOc1ccccc1OCCN[C@H](C)Cc1cc(C(N)=O)c2c(ccn2CCCCl)c1. The molecule has 1 atom stereocenters.